The van der Waals surface area contributed by atoms with Crippen molar-refractivity contribution >= 4 is 0 Å². The van der Waals surface area contributed by atoms with E-state index in [2.05, 4.69) is 51.2 Å². The predicted molar refractivity (Wildman–Crippen MR) is 86.8 cm³/mol. The Morgan fingerprint density at radius 2 is 2.05 bits per heavy atom. The lowest BCUT2D eigenvalue weighted by Crippen LogP contribution is -2.40. The summed E-state index contributed by atoms with van der Waals surface area (Å²) in [4.78, 5) is 0. The topological polar surface area (TPSA) is 30.5 Å². The average molecular weight is 291 g/mol. The van der Waals surface area contributed by atoms with E-state index in [1.807, 2.05) is 6.07 Å². The Hall–Kier alpha value is -1.06. The Kier molecular flexibility index (Phi) is 6.07. The number of para-hydroxylation sites is 1. The van der Waals surface area contributed by atoms with Crippen LogP contribution in [0.3, 0.4) is 0 Å². The summed E-state index contributed by atoms with van der Waals surface area (Å²) in [6.07, 6.45) is 3.90. The first-order valence-corrected chi connectivity index (χ1v) is 8.23. The van der Waals surface area contributed by atoms with Gasteiger partial charge in [-0.3, -0.25) is 0 Å². The number of rotatable bonds is 6. The molecule has 0 amide bonds. The molecule has 0 radical (unpaired) electrons. The Morgan fingerprint density at radius 1 is 1.29 bits per heavy atom. The average Bonchev–Trinajstić information content (AvgIpc) is 2.47. The summed E-state index contributed by atoms with van der Waals surface area (Å²) in [5.41, 5.74) is 1.24. The normalized spacial score (nSPS) is 24.0. The van der Waals surface area contributed by atoms with Crippen LogP contribution in [0.25, 0.3) is 0 Å². The van der Waals surface area contributed by atoms with E-state index in [1.165, 1.54) is 5.56 Å². The van der Waals surface area contributed by atoms with Gasteiger partial charge < -0.3 is 14.8 Å². The van der Waals surface area contributed by atoms with Gasteiger partial charge in [-0.15, -0.1) is 0 Å². The third-order valence-electron chi connectivity index (χ3n) is 4.06. The van der Waals surface area contributed by atoms with Gasteiger partial charge in [-0.1, -0.05) is 25.1 Å². The molecule has 3 heteroatoms. The van der Waals surface area contributed by atoms with Crippen molar-refractivity contribution in [1.29, 1.82) is 0 Å². The maximum atomic E-state index is 5.93. The lowest BCUT2D eigenvalue weighted by Gasteiger charge is -2.32. The van der Waals surface area contributed by atoms with Crippen LogP contribution in [0, 0.1) is 0 Å². The fourth-order valence-electron chi connectivity index (χ4n) is 2.96. The maximum absolute atomic E-state index is 5.93. The van der Waals surface area contributed by atoms with Gasteiger partial charge in [-0.25, -0.2) is 0 Å². The zero-order chi connectivity index (χ0) is 15.2. The zero-order valence-corrected chi connectivity index (χ0v) is 13.8. The van der Waals surface area contributed by atoms with Crippen LogP contribution in [0.2, 0.25) is 0 Å². The van der Waals surface area contributed by atoms with Gasteiger partial charge >= 0.3 is 0 Å². The Labute approximate surface area is 129 Å². The second kappa shape index (κ2) is 7.81. The van der Waals surface area contributed by atoms with E-state index in [-0.39, 0.29) is 6.10 Å². The Morgan fingerprint density at radius 3 is 2.76 bits per heavy atom. The zero-order valence-electron chi connectivity index (χ0n) is 13.8. The third kappa shape index (κ3) is 4.72. The summed E-state index contributed by atoms with van der Waals surface area (Å²) in [5.74, 6) is 0.992. The van der Waals surface area contributed by atoms with Crippen LogP contribution in [0.15, 0.2) is 24.3 Å². The van der Waals surface area contributed by atoms with Gasteiger partial charge in [-0.05, 0) is 46.1 Å². The molecule has 1 fully saturated rings. The second-order valence-corrected chi connectivity index (χ2v) is 6.22. The van der Waals surface area contributed by atoms with Gasteiger partial charge in [0.2, 0.25) is 0 Å². The van der Waals surface area contributed by atoms with Crippen LogP contribution >= 0.6 is 0 Å². The van der Waals surface area contributed by atoms with E-state index in [1.54, 1.807) is 0 Å². The fraction of sp³-hybridized carbons (Fsp3) is 0.667. The molecule has 3 atom stereocenters. The van der Waals surface area contributed by atoms with Crippen LogP contribution in [-0.4, -0.2) is 24.9 Å². The largest absolute Gasteiger partial charge is 0.491 e. The monoisotopic (exact) mass is 291 g/mol. The summed E-state index contributed by atoms with van der Waals surface area (Å²) >= 11 is 0. The standard InChI is InChI=1S/C18H29NO2/c1-5-16-12-15(10-11-20-16)19-14(4)17-8-6-7-9-18(17)21-13(2)3/h6-9,13-16,19H,5,10-12H2,1-4H3. The van der Waals surface area contributed by atoms with Crippen molar-refractivity contribution in [3.63, 3.8) is 0 Å². The molecule has 1 heterocycles. The molecule has 21 heavy (non-hydrogen) atoms. The van der Waals surface area contributed by atoms with Gasteiger partial charge in [0.15, 0.2) is 0 Å². The molecule has 0 spiro atoms. The highest BCUT2D eigenvalue weighted by atomic mass is 16.5. The second-order valence-electron chi connectivity index (χ2n) is 6.22. The number of nitrogens with one attached hydrogen (secondary N) is 1. The van der Waals surface area contributed by atoms with Crippen molar-refractivity contribution in [3.05, 3.63) is 29.8 Å². The quantitative estimate of drug-likeness (QED) is 0.856. The van der Waals surface area contributed by atoms with E-state index in [9.17, 15) is 0 Å². The molecule has 0 aliphatic carbocycles. The van der Waals surface area contributed by atoms with E-state index in [4.69, 9.17) is 9.47 Å². The minimum Gasteiger partial charge on any atom is -0.491 e. The van der Waals surface area contributed by atoms with E-state index in [0.717, 1.165) is 31.6 Å². The summed E-state index contributed by atoms with van der Waals surface area (Å²) < 4.78 is 11.7. The van der Waals surface area contributed by atoms with Crippen molar-refractivity contribution in [2.45, 2.75) is 71.2 Å². The van der Waals surface area contributed by atoms with Crippen LogP contribution < -0.4 is 10.1 Å². The maximum Gasteiger partial charge on any atom is 0.124 e. The van der Waals surface area contributed by atoms with Gasteiger partial charge in [-0.2, -0.15) is 0 Å². The molecule has 2 rings (SSSR count). The molecule has 1 aromatic carbocycles. The predicted octanol–water partition coefficient (Wildman–Crippen LogP) is 4.08. The summed E-state index contributed by atoms with van der Waals surface area (Å²) in [5, 5.41) is 3.75. The molecular formula is C18H29NO2. The highest BCUT2D eigenvalue weighted by molar-refractivity contribution is 5.35. The van der Waals surface area contributed by atoms with Crippen molar-refractivity contribution in [3.8, 4) is 5.75 Å². The molecule has 3 nitrogen and oxygen atoms in total. The minimum absolute atomic E-state index is 0.200. The highest BCUT2D eigenvalue weighted by Crippen LogP contribution is 2.27. The molecule has 0 saturated carbocycles. The smallest absolute Gasteiger partial charge is 0.124 e. The molecular weight excluding hydrogens is 262 g/mol. The minimum atomic E-state index is 0.200. The van der Waals surface area contributed by atoms with Crippen molar-refractivity contribution in [2.75, 3.05) is 6.61 Å². The van der Waals surface area contributed by atoms with Crippen LogP contribution in [0.1, 0.15) is 58.6 Å². The third-order valence-corrected chi connectivity index (χ3v) is 4.06. The van der Waals surface area contributed by atoms with E-state index in [0.29, 0.717) is 18.2 Å². The summed E-state index contributed by atoms with van der Waals surface area (Å²) in [6, 6.07) is 9.17. The molecule has 1 aromatic rings. The fourth-order valence-corrected chi connectivity index (χ4v) is 2.96. The van der Waals surface area contributed by atoms with E-state index >= 15 is 0 Å². The lowest BCUT2D eigenvalue weighted by atomic mass is 9.99. The molecule has 0 bridgehead atoms. The summed E-state index contributed by atoms with van der Waals surface area (Å²) in [7, 11) is 0. The molecule has 3 unspecified atom stereocenters. The van der Waals surface area contributed by atoms with Crippen molar-refractivity contribution in [2.24, 2.45) is 0 Å². The SMILES string of the molecule is CCC1CC(NC(C)c2ccccc2OC(C)C)CCO1. The molecule has 0 aromatic heterocycles. The van der Waals surface area contributed by atoms with Crippen LogP contribution in [0.4, 0.5) is 0 Å². The molecule has 1 aliphatic heterocycles. The first-order valence-electron chi connectivity index (χ1n) is 8.23. The molecule has 118 valence electrons. The first kappa shape index (κ1) is 16.3. The highest BCUT2D eigenvalue weighted by Gasteiger charge is 2.23. The van der Waals surface area contributed by atoms with Crippen LogP contribution in [-0.2, 0) is 4.74 Å². The first-order chi connectivity index (χ1) is 10.1. The van der Waals surface area contributed by atoms with Gasteiger partial charge in [0, 0.05) is 24.3 Å². The molecule has 1 aliphatic rings. The van der Waals surface area contributed by atoms with Gasteiger partial charge in [0.1, 0.15) is 5.75 Å². The molecule has 1 N–H and O–H groups in total. The Balaban J connectivity index is 2.01. The Bertz CT molecular complexity index is 433. The van der Waals surface area contributed by atoms with Gasteiger partial charge in [0.25, 0.3) is 0 Å². The van der Waals surface area contributed by atoms with Crippen molar-refractivity contribution < 1.29 is 9.47 Å². The number of hydrogen-bond donors (Lipinski definition) is 1. The lowest BCUT2D eigenvalue weighted by molar-refractivity contribution is -0.00170. The number of ether oxygens (including phenoxy) is 2. The molecule has 1 saturated heterocycles. The van der Waals surface area contributed by atoms with E-state index < -0.39 is 0 Å². The van der Waals surface area contributed by atoms with Crippen molar-refractivity contribution in [1.82, 2.24) is 5.32 Å². The van der Waals surface area contributed by atoms with Gasteiger partial charge in [0.05, 0.1) is 12.2 Å². The summed E-state index contributed by atoms with van der Waals surface area (Å²) in [6.45, 7) is 9.42. The van der Waals surface area contributed by atoms with Crippen LogP contribution in [0.5, 0.6) is 5.75 Å². The number of hydrogen-bond acceptors (Lipinski definition) is 3. The number of benzene rings is 1.